The summed E-state index contributed by atoms with van der Waals surface area (Å²) in [6.45, 7) is 6.10. The van der Waals surface area contributed by atoms with Gasteiger partial charge in [0, 0.05) is 51.5 Å². The zero-order valence-corrected chi connectivity index (χ0v) is 13.7. The molecule has 1 atom stereocenters. The van der Waals surface area contributed by atoms with Gasteiger partial charge >= 0.3 is 0 Å². The fourth-order valence-corrected chi connectivity index (χ4v) is 3.29. The van der Waals surface area contributed by atoms with Crippen molar-refractivity contribution in [1.82, 2.24) is 9.80 Å². The van der Waals surface area contributed by atoms with Gasteiger partial charge in [-0.05, 0) is 17.9 Å². The number of rotatable bonds is 5. The lowest BCUT2D eigenvalue weighted by molar-refractivity contribution is -0.384. The van der Waals surface area contributed by atoms with E-state index in [1.807, 2.05) is 4.90 Å². The Morgan fingerprint density at radius 1 is 1.21 bits per heavy atom. The second-order valence-electron chi connectivity index (χ2n) is 6.51. The quantitative estimate of drug-likeness (QED) is 0.600. The van der Waals surface area contributed by atoms with Crippen molar-refractivity contribution in [2.24, 2.45) is 5.92 Å². The lowest BCUT2D eigenvalue weighted by atomic mass is 10.1. The standard InChI is InChI=1S/C17H23N3O4/c21-17(11-14-1-3-16(4-2-14)20(22)23)19-8-6-18(7-9-19)12-15-5-10-24-13-15/h1-4,15H,5-13H2/t15-/m1/s1. The number of non-ortho nitro benzene ring substituents is 1. The largest absolute Gasteiger partial charge is 0.381 e. The average Bonchev–Trinajstić information content (AvgIpc) is 3.09. The zero-order valence-electron chi connectivity index (χ0n) is 13.7. The summed E-state index contributed by atoms with van der Waals surface area (Å²) in [6, 6.07) is 6.22. The molecule has 2 aliphatic heterocycles. The predicted octanol–water partition coefficient (Wildman–Crippen LogP) is 1.32. The molecule has 0 unspecified atom stereocenters. The number of ether oxygens (including phenoxy) is 1. The maximum Gasteiger partial charge on any atom is 0.269 e. The van der Waals surface area contributed by atoms with Gasteiger partial charge in [0.25, 0.3) is 5.69 Å². The van der Waals surface area contributed by atoms with Gasteiger partial charge in [-0.2, -0.15) is 0 Å². The Labute approximate surface area is 141 Å². The second-order valence-corrected chi connectivity index (χ2v) is 6.51. The molecule has 1 aromatic rings. The van der Waals surface area contributed by atoms with Gasteiger partial charge in [-0.15, -0.1) is 0 Å². The number of hydrogen-bond acceptors (Lipinski definition) is 5. The zero-order chi connectivity index (χ0) is 16.9. The van der Waals surface area contributed by atoms with Crippen molar-refractivity contribution in [3.63, 3.8) is 0 Å². The number of nitro benzene ring substituents is 1. The molecule has 2 saturated heterocycles. The van der Waals surface area contributed by atoms with Crippen LogP contribution in [0.2, 0.25) is 0 Å². The van der Waals surface area contributed by atoms with Gasteiger partial charge in [0.15, 0.2) is 0 Å². The van der Waals surface area contributed by atoms with Crippen LogP contribution in [0.4, 0.5) is 5.69 Å². The van der Waals surface area contributed by atoms with Gasteiger partial charge in [-0.3, -0.25) is 19.8 Å². The van der Waals surface area contributed by atoms with E-state index >= 15 is 0 Å². The van der Waals surface area contributed by atoms with Crippen LogP contribution in [0.25, 0.3) is 0 Å². The van der Waals surface area contributed by atoms with Crippen LogP contribution in [0.1, 0.15) is 12.0 Å². The highest BCUT2D eigenvalue weighted by atomic mass is 16.6. The number of amides is 1. The molecule has 1 amide bonds. The van der Waals surface area contributed by atoms with Crippen LogP contribution in [0.3, 0.4) is 0 Å². The van der Waals surface area contributed by atoms with Crippen molar-refractivity contribution >= 4 is 11.6 Å². The summed E-state index contributed by atoms with van der Waals surface area (Å²) in [5.74, 6) is 0.722. The van der Waals surface area contributed by atoms with Crippen LogP contribution in [-0.2, 0) is 16.0 Å². The van der Waals surface area contributed by atoms with Crippen molar-refractivity contribution in [3.8, 4) is 0 Å². The summed E-state index contributed by atoms with van der Waals surface area (Å²) in [5, 5.41) is 10.7. The molecule has 7 heteroatoms. The lowest BCUT2D eigenvalue weighted by Crippen LogP contribution is -2.50. The minimum absolute atomic E-state index is 0.0516. The smallest absolute Gasteiger partial charge is 0.269 e. The molecule has 130 valence electrons. The van der Waals surface area contributed by atoms with Crippen LogP contribution in [0.15, 0.2) is 24.3 Å². The summed E-state index contributed by atoms with van der Waals surface area (Å²) < 4.78 is 5.41. The van der Waals surface area contributed by atoms with Crippen LogP contribution in [-0.4, -0.2) is 66.6 Å². The van der Waals surface area contributed by atoms with Crippen molar-refractivity contribution in [3.05, 3.63) is 39.9 Å². The van der Waals surface area contributed by atoms with E-state index in [0.717, 1.165) is 57.9 Å². The van der Waals surface area contributed by atoms with Crippen molar-refractivity contribution in [1.29, 1.82) is 0 Å². The Morgan fingerprint density at radius 3 is 2.50 bits per heavy atom. The lowest BCUT2D eigenvalue weighted by Gasteiger charge is -2.35. The second kappa shape index (κ2) is 7.72. The molecule has 0 spiro atoms. The van der Waals surface area contributed by atoms with E-state index in [2.05, 4.69) is 4.90 Å². The highest BCUT2D eigenvalue weighted by Gasteiger charge is 2.24. The molecular formula is C17H23N3O4. The van der Waals surface area contributed by atoms with Crippen molar-refractivity contribution < 1.29 is 14.5 Å². The molecule has 0 bridgehead atoms. The molecule has 2 fully saturated rings. The van der Waals surface area contributed by atoms with Gasteiger partial charge in [-0.1, -0.05) is 12.1 Å². The van der Waals surface area contributed by atoms with Gasteiger partial charge in [-0.25, -0.2) is 0 Å². The Balaban J connectivity index is 1.45. The fourth-order valence-electron chi connectivity index (χ4n) is 3.29. The van der Waals surface area contributed by atoms with Crippen LogP contribution in [0, 0.1) is 16.0 Å². The number of piperazine rings is 1. The van der Waals surface area contributed by atoms with E-state index in [0.29, 0.717) is 12.3 Å². The Bertz CT molecular complexity index is 576. The summed E-state index contributed by atoms with van der Waals surface area (Å²) in [5.41, 5.74) is 0.867. The summed E-state index contributed by atoms with van der Waals surface area (Å²) in [7, 11) is 0. The SMILES string of the molecule is O=C(Cc1ccc([N+](=O)[O-])cc1)N1CCN(C[C@H]2CCOC2)CC1. The molecule has 2 aliphatic rings. The first-order chi connectivity index (χ1) is 11.6. The highest BCUT2D eigenvalue weighted by molar-refractivity contribution is 5.79. The number of benzene rings is 1. The minimum atomic E-state index is -0.430. The fraction of sp³-hybridized carbons (Fsp3) is 0.588. The van der Waals surface area contributed by atoms with Gasteiger partial charge in [0.2, 0.25) is 5.91 Å². The third kappa shape index (κ3) is 4.30. The van der Waals surface area contributed by atoms with E-state index in [-0.39, 0.29) is 11.6 Å². The Kier molecular flexibility index (Phi) is 5.42. The van der Waals surface area contributed by atoms with Gasteiger partial charge in [0.05, 0.1) is 18.0 Å². The molecule has 2 heterocycles. The first kappa shape index (κ1) is 16.9. The number of nitro groups is 1. The monoisotopic (exact) mass is 333 g/mol. The molecule has 0 aromatic heterocycles. The average molecular weight is 333 g/mol. The molecule has 0 saturated carbocycles. The number of carbonyl (C=O) groups is 1. The topological polar surface area (TPSA) is 75.9 Å². The third-order valence-electron chi connectivity index (χ3n) is 4.77. The number of hydrogen-bond donors (Lipinski definition) is 0. The summed E-state index contributed by atoms with van der Waals surface area (Å²) in [4.78, 5) is 26.9. The molecule has 7 nitrogen and oxygen atoms in total. The number of nitrogens with zero attached hydrogens (tertiary/aromatic N) is 3. The molecule has 3 rings (SSSR count). The first-order valence-corrected chi connectivity index (χ1v) is 8.43. The molecule has 1 aromatic carbocycles. The molecular weight excluding hydrogens is 310 g/mol. The van der Waals surface area contributed by atoms with Crippen molar-refractivity contribution in [2.45, 2.75) is 12.8 Å². The predicted molar refractivity (Wildman–Crippen MR) is 88.7 cm³/mol. The van der Waals surface area contributed by atoms with Crippen LogP contribution in [0.5, 0.6) is 0 Å². The van der Waals surface area contributed by atoms with Crippen molar-refractivity contribution in [2.75, 3.05) is 45.9 Å². The van der Waals surface area contributed by atoms with E-state index < -0.39 is 4.92 Å². The normalized spacial score (nSPS) is 21.8. The Hall–Kier alpha value is -1.99. The molecule has 24 heavy (non-hydrogen) atoms. The molecule has 0 radical (unpaired) electrons. The summed E-state index contributed by atoms with van der Waals surface area (Å²) in [6.07, 6.45) is 1.44. The van der Waals surface area contributed by atoms with E-state index in [1.54, 1.807) is 12.1 Å². The van der Waals surface area contributed by atoms with Crippen LogP contribution >= 0.6 is 0 Å². The third-order valence-corrected chi connectivity index (χ3v) is 4.77. The number of carbonyl (C=O) groups excluding carboxylic acids is 1. The van der Waals surface area contributed by atoms with E-state index in [9.17, 15) is 14.9 Å². The highest BCUT2D eigenvalue weighted by Crippen LogP contribution is 2.16. The molecule has 0 N–H and O–H groups in total. The maximum atomic E-state index is 12.4. The minimum Gasteiger partial charge on any atom is -0.381 e. The van der Waals surface area contributed by atoms with Gasteiger partial charge < -0.3 is 9.64 Å². The first-order valence-electron chi connectivity index (χ1n) is 8.43. The van der Waals surface area contributed by atoms with E-state index in [4.69, 9.17) is 4.74 Å². The van der Waals surface area contributed by atoms with E-state index in [1.165, 1.54) is 12.1 Å². The van der Waals surface area contributed by atoms with Crippen LogP contribution < -0.4 is 0 Å². The maximum absolute atomic E-state index is 12.4. The Morgan fingerprint density at radius 2 is 1.92 bits per heavy atom. The van der Waals surface area contributed by atoms with Gasteiger partial charge in [0.1, 0.15) is 0 Å². The molecule has 0 aliphatic carbocycles. The summed E-state index contributed by atoms with van der Waals surface area (Å²) >= 11 is 0.